The Morgan fingerprint density at radius 1 is 1.33 bits per heavy atom. The van der Waals surface area contributed by atoms with Crippen LogP contribution in [0.15, 0.2) is 0 Å². The molecule has 0 aromatic heterocycles. The fourth-order valence-corrected chi connectivity index (χ4v) is 0.935. The SMILES string of the molecule is C[C@@H](O)[C@H](N)C(=O)NCC(=O)N[C@@H](CO)C(=O)O. The topological polar surface area (TPSA) is 162 Å². The maximum Gasteiger partial charge on any atom is 0.328 e. The van der Waals surface area contributed by atoms with Gasteiger partial charge in [-0.05, 0) is 6.92 Å². The third-order valence-electron chi connectivity index (χ3n) is 2.06. The van der Waals surface area contributed by atoms with Gasteiger partial charge < -0.3 is 31.7 Å². The number of carboxylic acid groups (broad SMARTS) is 1. The van der Waals surface area contributed by atoms with Crippen molar-refractivity contribution in [1.29, 1.82) is 0 Å². The standard InChI is InChI=1S/C9H17N3O6/c1-4(14)7(10)8(16)11-2-6(15)12-5(3-13)9(17)18/h4-5,7,13-14H,2-3,10H2,1H3,(H,11,16)(H,12,15)(H,17,18)/t4-,5+,7+/m1/s1. The smallest absolute Gasteiger partial charge is 0.328 e. The number of amides is 2. The first-order valence-electron chi connectivity index (χ1n) is 5.14. The predicted octanol–water partition coefficient (Wildman–Crippen LogP) is -3.63. The van der Waals surface area contributed by atoms with Crippen molar-refractivity contribution in [2.24, 2.45) is 5.73 Å². The molecule has 0 bridgehead atoms. The first-order chi connectivity index (χ1) is 8.29. The van der Waals surface area contributed by atoms with E-state index in [1.807, 2.05) is 5.32 Å². The number of aliphatic hydroxyl groups is 2. The zero-order chi connectivity index (χ0) is 14.3. The highest BCUT2D eigenvalue weighted by Gasteiger charge is 2.21. The van der Waals surface area contributed by atoms with Crippen LogP contribution in [-0.2, 0) is 14.4 Å². The van der Waals surface area contributed by atoms with Crippen LogP contribution in [0, 0.1) is 0 Å². The molecular weight excluding hydrogens is 246 g/mol. The number of hydrogen-bond acceptors (Lipinski definition) is 6. The largest absolute Gasteiger partial charge is 0.480 e. The molecule has 2 amide bonds. The molecule has 0 saturated carbocycles. The number of aliphatic carboxylic acids is 1. The van der Waals surface area contributed by atoms with Gasteiger partial charge in [0.15, 0.2) is 0 Å². The molecule has 0 saturated heterocycles. The first-order valence-corrected chi connectivity index (χ1v) is 5.14. The molecule has 9 heteroatoms. The third-order valence-corrected chi connectivity index (χ3v) is 2.06. The Kier molecular flexibility index (Phi) is 6.86. The van der Waals surface area contributed by atoms with Crippen LogP contribution in [-0.4, -0.2) is 64.4 Å². The Bertz CT molecular complexity index is 319. The maximum atomic E-state index is 11.2. The molecule has 0 heterocycles. The molecule has 0 unspecified atom stereocenters. The van der Waals surface area contributed by atoms with E-state index in [4.69, 9.17) is 21.1 Å². The summed E-state index contributed by atoms with van der Waals surface area (Å²) in [5.74, 6) is -2.92. The van der Waals surface area contributed by atoms with E-state index < -0.39 is 49.1 Å². The summed E-state index contributed by atoms with van der Waals surface area (Å²) in [6, 6.07) is -2.61. The molecule has 3 atom stereocenters. The lowest BCUT2D eigenvalue weighted by Crippen LogP contribution is -2.51. The zero-order valence-electron chi connectivity index (χ0n) is 9.79. The van der Waals surface area contributed by atoms with Gasteiger partial charge in [0.1, 0.15) is 12.1 Å². The Balaban J connectivity index is 4.11. The summed E-state index contributed by atoms with van der Waals surface area (Å²) in [7, 11) is 0. The second-order valence-electron chi connectivity index (χ2n) is 3.63. The van der Waals surface area contributed by atoms with Crippen LogP contribution in [0.4, 0.5) is 0 Å². The molecule has 7 N–H and O–H groups in total. The Labute approximate surface area is 103 Å². The van der Waals surface area contributed by atoms with E-state index in [0.29, 0.717) is 0 Å². The fourth-order valence-electron chi connectivity index (χ4n) is 0.935. The monoisotopic (exact) mass is 263 g/mol. The van der Waals surface area contributed by atoms with Gasteiger partial charge in [-0.25, -0.2) is 4.79 Å². The number of carbonyl (C=O) groups is 3. The highest BCUT2D eigenvalue weighted by atomic mass is 16.4. The molecule has 0 aromatic carbocycles. The van der Waals surface area contributed by atoms with E-state index in [2.05, 4.69) is 5.32 Å². The minimum atomic E-state index is -1.43. The summed E-state index contributed by atoms with van der Waals surface area (Å²) in [5.41, 5.74) is 5.29. The van der Waals surface area contributed by atoms with Crippen LogP contribution in [0.5, 0.6) is 0 Å². The van der Waals surface area contributed by atoms with Gasteiger partial charge in [0.2, 0.25) is 11.8 Å². The highest BCUT2D eigenvalue weighted by molar-refractivity contribution is 5.89. The lowest BCUT2D eigenvalue weighted by atomic mass is 10.2. The summed E-state index contributed by atoms with van der Waals surface area (Å²) in [4.78, 5) is 32.9. The Morgan fingerprint density at radius 2 is 1.89 bits per heavy atom. The lowest BCUT2D eigenvalue weighted by molar-refractivity contribution is -0.142. The second kappa shape index (κ2) is 7.58. The van der Waals surface area contributed by atoms with Gasteiger partial charge >= 0.3 is 5.97 Å². The molecule has 104 valence electrons. The predicted molar refractivity (Wildman–Crippen MR) is 59.3 cm³/mol. The van der Waals surface area contributed by atoms with Crippen molar-refractivity contribution in [2.45, 2.75) is 25.1 Å². The summed E-state index contributed by atoms with van der Waals surface area (Å²) in [6.07, 6.45) is -1.07. The van der Waals surface area contributed by atoms with Gasteiger partial charge in [-0.15, -0.1) is 0 Å². The fraction of sp³-hybridized carbons (Fsp3) is 0.667. The lowest BCUT2D eigenvalue weighted by Gasteiger charge is -2.15. The van der Waals surface area contributed by atoms with Crippen LogP contribution in [0.1, 0.15) is 6.92 Å². The Hall–Kier alpha value is -1.71. The van der Waals surface area contributed by atoms with Crippen molar-refractivity contribution in [1.82, 2.24) is 10.6 Å². The number of nitrogens with one attached hydrogen (secondary N) is 2. The van der Waals surface area contributed by atoms with Crippen molar-refractivity contribution in [3.8, 4) is 0 Å². The minimum absolute atomic E-state index is 0.497. The van der Waals surface area contributed by atoms with Gasteiger partial charge in [-0.3, -0.25) is 9.59 Å². The van der Waals surface area contributed by atoms with Crippen LogP contribution >= 0.6 is 0 Å². The molecular formula is C9H17N3O6. The molecule has 0 aliphatic heterocycles. The highest BCUT2D eigenvalue weighted by Crippen LogP contribution is 1.88. The van der Waals surface area contributed by atoms with Crippen molar-refractivity contribution >= 4 is 17.8 Å². The van der Waals surface area contributed by atoms with Gasteiger partial charge in [-0.2, -0.15) is 0 Å². The molecule has 0 radical (unpaired) electrons. The molecule has 0 spiro atoms. The van der Waals surface area contributed by atoms with Crippen LogP contribution in [0.3, 0.4) is 0 Å². The normalized spacial score (nSPS) is 15.3. The second-order valence-corrected chi connectivity index (χ2v) is 3.63. The van der Waals surface area contributed by atoms with E-state index in [0.717, 1.165) is 0 Å². The minimum Gasteiger partial charge on any atom is -0.480 e. The zero-order valence-corrected chi connectivity index (χ0v) is 9.79. The summed E-state index contributed by atoms with van der Waals surface area (Å²) >= 11 is 0. The van der Waals surface area contributed by atoms with Gasteiger partial charge in [0.25, 0.3) is 0 Å². The Morgan fingerprint density at radius 3 is 2.28 bits per heavy atom. The van der Waals surface area contributed by atoms with Crippen molar-refractivity contribution in [3.05, 3.63) is 0 Å². The summed E-state index contributed by atoms with van der Waals surface area (Å²) in [6.45, 7) is 0.0573. The average molecular weight is 263 g/mol. The van der Waals surface area contributed by atoms with Crippen molar-refractivity contribution < 1.29 is 29.7 Å². The number of carboxylic acids is 1. The van der Waals surface area contributed by atoms with E-state index in [1.54, 1.807) is 0 Å². The maximum absolute atomic E-state index is 11.2. The quantitative estimate of drug-likeness (QED) is 0.276. The van der Waals surface area contributed by atoms with E-state index in [1.165, 1.54) is 6.92 Å². The van der Waals surface area contributed by atoms with Gasteiger partial charge in [0, 0.05) is 0 Å². The van der Waals surface area contributed by atoms with E-state index in [9.17, 15) is 14.4 Å². The first kappa shape index (κ1) is 16.3. The van der Waals surface area contributed by atoms with Crippen LogP contribution in [0.2, 0.25) is 0 Å². The van der Waals surface area contributed by atoms with E-state index in [-0.39, 0.29) is 0 Å². The number of nitrogens with two attached hydrogens (primary N) is 1. The molecule has 0 fully saturated rings. The van der Waals surface area contributed by atoms with Crippen molar-refractivity contribution in [2.75, 3.05) is 13.2 Å². The van der Waals surface area contributed by atoms with Gasteiger partial charge in [-0.1, -0.05) is 0 Å². The summed E-state index contributed by atoms with van der Waals surface area (Å²) < 4.78 is 0. The van der Waals surface area contributed by atoms with Crippen molar-refractivity contribution in [3.63, 3.8) is 0 Å². The van der Waals surface area contributed by atoms with Crippen LogP contribution < -0.4 is 16.4 Å². The van der Waals surface area contributed by atoms with Gasteiger partial charge in [0.05, 0.1) is 19.3 Å². The van der Waals surface area contributed by atoms with E-state index >= 15 is 0 Å². The molecule has 0 aliphatic carbocycles. The summed E-state index contributed by atoms with van der Waals surface area (Å²) in [5, 5.41) is 30.3. The average Bonchev–Trinajstić information content (AvgIpc) is 2.31. The molecule has 0 aliphatic rings. The molecule has 9 nitrogen and oxygen atoms in total. The molecule has 0 aromatic rings. The number of rotatable bonds is 7. The molecule has 18 heavy (non-hydrogen) atoms. The number of carbonyl (C=O) groups excluding carboxylic acids is 2. The third kappa shape index (κ3) is 5.57. The molecule has 0 rings (SSSR count). The number of hydrogen-bond donors (Lipinski definition) is 6. The van der Waals surface area contributed by atoms with Crippen LogP contribution in [0.25, 0.3) is 0 Å². The number of aliphatic hydroxyl groups excluding tert-OH is 2.